The maximum atomic E-state index is 12.4. The Labute approximate surface area is 156 Å². The van der Waals surface area contributed by atoms with Crippen LogP contribution in [0.1, 0.15) is 31.1 Å². The number of carbonyl (C=O) groups excluding carboxylic acids is 2. The Morgan fingerprint density at radius 3 is 2.04 bits per heavy atom. The second-order valence-corrected chi connectivity index (χ2v) is 7.96. The molecule has 0 bridgehead atoms. The fraction of sp³-hybridized carbons (Fsp3) is 0.263. The Kier molecular flexibility index (Phi) is 6.28. The first-order chi connectivity index (χ1) is 12.2. The monoisotopic (exact) mass is 374 g/mol. The SMILES string of the molecule is C[S+]([O-])c1ccccc1C(=O)Nc1ccc(NC(=O)OC(C)(C)C)cc1. The van der Waals surface area contributed by atoms with Crippen LogP contribution in [0.5, 0.6) is 0 Å². The molecule has 0 aliphatic heterocycles. The summed E-state index contributed by atoms with van der Waals surface area (Å²) in [5.41, 5.74) is 0.892. The fourth-order valence-electron chi connectivity index (χ4n) is 2.16. The van der Waals surface area contributed by atoms with Crippen molar-refractivity contribution in [3.8, 4) is 0 Å². The van der Waals surface area contributed by atoms with Crippen molar-refractivity contribution in [2.75, 3.05) is 16.9 Å². The van der Waals surface area contributed by atoms with Crippen LogP contribution < -0.4 is 10.6 Å². The molecule has 0 aromatic heterocycles. The Morgan fingerprint density at radius 2 is 1.50 bits per heavy atom. The third-order valence-corrected chi connectivity index (χ3v) is 4.20. The van der Waals surface area contributed by atoms with E-state index in [-0.39, 0.29) is 5.91 Å². The highest BCUT2D eigenvalue weighted by atomic mass is 32.2. The minimum absolute atomic E-state index is 0.344. The largest absolute Gasteiger partial charge is 0.612 e. The van der Waals surface area contributed by atoms with Crippen LogP contribution in [0.25, 0.3) is 0 Å². The van der Waals surface area contributed by atoms with Crippen LogP contribution in [0.15, 0.2) is 53.4 Å². The highest BCUT2D eigenvalue weighted by molar-refractivity contribution is 7.90. The van der Waals surface area contributed by atoms with Gasteiger partial charge < -0.3 is 14.6 Å². The van der Waals surface area contributed by atoms with Crippen LogP contribution >= 0.6 is 0 Å². The number of carbonyl (C=O) groups is 2. The molecule has 138 valence electrons. The van der Waals surface area contributed by atoms with Crippen LogP contribution in [0.4, 0.5) is 16.2 Å². The number of rotatable bonds is 4. The lowest BCUT2D eigenvalue weighted by Gasteiger charge is -2.19. The van der Waals surface area contributed by atoms with Crippen LogP contribution in [-0.4, -0.2) is 28.4 Å². The predicted molar refractivity (Wildman–Crippen MR) is 103 cm³/mol. The lowest BCUT2D eigenvalue weighted by Crippen LogP contribution is -2.27. The van der Waals surface area contributed by atoms with Gasteiger partial charge in [-0.1, -0.05) is 12.1 Å². The summed E-state index contributed by atoms with van der Waals surface area (Å²) in [4.78, 5) is 24.6. The quantitative estimate of drug-likeness (QED) is 0.791. The Hall–Kier alpha value is -2.51. The molecule has 2 rings (SSSR count). The van der Waals surface area contributed by atoms with E-state index in [1.807, 2.05) is 0 Å². The summed E-state index contributed by atoms with van der Waals surface area (Å²) in [5.74, 6) is -0.344. The van der Waals surface area contributed by atoms with Crippen molar-refractivity contribution < 1.29 is 18.9 Å². The molecule has 0 heterocycles. The smallest absolute Gasteiger partial charge is 0.412 e. The molecule has 2 N–H and O–H groups in total. The third kappa shape index (κ3) is 5.79. The van der Waals surface area contributed by atoms with Gasteiger partial charge in [-0.2, -0.15) is 0 Å². The van der Waals surface area contributed by atoms with Crippen LogP contribution in [0, 0.1) is 0 Å². The van der Waals surface area contributed by atoms with Gasteiger partial charge in [0.25, 0.3) is 5.91 Å². The lowest BCUT2D eigenvalue weighted by molar-refractivity contribution is 0.0635. The number of nitrogens with one attached hydrogen (secondary N) is 2. The van der Waals surface area contributed by atoms with E-state index in [4.69, 9.17) is 4.74 Å². The molecule has 0 saturated heterocycles. The maximum Gasteiger partial charge on any atom is 0.412 e. The normalized spacial score (nSPS) is 12.2. The highest BCUT2D eigenvalue weighted by Crippen LogP contribution is 2.19. The number of amides is 2. The minimum atomic E-state index is -1.26. The van der Waals surface area contributed by atoms with Gasteiger partial charge in [-0.05, 0) is 68.3 Å². The first-order valence-electron chi connectivity index (χ1n) is 7.99. The first-order valence-corrected chi connectivity index (χ1v) is 9.55. The second-order valence-electron chi connectivity index (χ2n) is 6.61. The summed E-state index contributed by atoms with van der Waals surface area (Å²) in [6, 6.07) is 13.4. The molecule has 0 aliphatic carbocycles. The molecule has 2 amide bonds. The second kappa shape index (κ2) is 8.25. The van der Waals surface area contributed by atoms with Crippen molar-refractivity contribution in [2.45, 2.75) is 31.3 Å². The first kappa shape index (κ1) is 19.8. The van der Waals surface area contributed by atoms with Gasteiger partial charge in [-0.25, -0.2) is 4.79 Å². The Balaban J connectivity index is 2.03. The number of hydrogen-bond acceptors (Lipinski definition) is 4. The number of anilines is 2. The topological polar surface area (TPSA) is 90.5 Å². The van der Waals surface area contributed by atoms with E-state index in [0.717, 1.165) is 0 Å². The average Bonchev–Trinajstić information content (AvgIpc) is 2.54. The average molecular weight is 374 g/mol. The molecule has 1 unspecified atom stereocenters. The third-order valence-electron chi connectivity index (χ3n) is 3.23. The van der Waals surface area contributed by atoms with Gasteiger partial charge in [0.05, 0.1) is 5.56 Å². The predicted octanol–water partition coefficient (Wildman–Crippen LogP) is 4.02. The van der Waals surface area contributed by atoms with Crippen molar-refractivity contribution in [1.29, 1.82) is 0 Å². The molecular weight excluding hydrogens is 352 g/mol. The van der Waals surface area contributed by atoms with Crippen molar-refractivity contribution in [3.05, 3.63) is 54.1 Å². The Bertz CT molecular complexity index is 783. The summed E-state index contributed by atoms with van der Waals surface area (Å²) in [7, 11) is 0. The molecule has 2 aromatic carbocycles. The maximum absolute atomic E-state index is 12.4. The van der Waals surface area contributed by atoms with E-state index < -0.39 is 22.9 Å². The minimum Gasteiger partial charge on any atom is -0.612 e. The van der Waals surface area contributed by atoms with Gasteiger partial charge in [-0.3, -0.25) is 10.1 Å². The molecule has 26 heavy (non-hydrogen) atoms. The summed E-state index contributed by atoms with van der Waals surface area (Å²) in [6.07, 6.45) is 0.983. The molecule has 0 aliphatic rings. The van der Waals surface area contributed by atoms with Crippen molar-refractivity contribution in [2.24, 2.45) is 0 Å². The number of ether oxygens (including phenoxy) is 1. The van der Waals surface area contributed by atoms with Crippen LogP contribution in [0.3, 0.4) is 0 Å². The summed E-state index contributed by atoms with van der Waals surface area (Å²) < 4.78 is 16.9. The molecule has 0 fully saturated rings. The molecule has 6 nitrogen and oxygen atoms in total. The van der Waals surface area contributed by atoms with Gasteiger partial charge in [-0.15, -0.1) is 0 Å². The van der Waals surface area contributed by atoms with E-state index in [1.165, 1.54) is 6.26 Å². The van der Waals surface area contributed by atoms with E-state index in [1.54, 1.807) is 69.3 Å². The van der Waals surface area contributed by atoms with Crippen molar-refractivity contribution in [3.63, 3.8) is 0 Å². The number of benzene rings is 2. The van der Waals surface area contributed by atoms with Crippen LogP contribution in [0.2, 0.25) is 0 Å². The Morgan fingerprint density at radius 1 is 0.962 bits per heavy atom. The molecule has 1 atom stereocenters. The van der Waals surface area contributed by atoms with Crippen molar-refractivity contribution in [1.82, 2.24) is 0 Å². The number of hydrogen-bond donors (Lipinski definition) is 2. The zero-order chi connectivity index (χ0) is 19.3. The fourth-order valence-corrected chi connectivity index (χ4v) is 2.90. The van der Waals surface area contributed by atoms with Gasteiger partial charge in [0.15, 0.2) is 4.90 Å². The zero-order valence-electron chi connectivity index (χ0n) is 15.2. The standard InChI is InChI=1S/C19H22N2O4S/c1-19(2,3)25-18(23)21-14-11-9-13(10-12-14)20-17(22)15-7-5-6-8-16(15)26(4)24/h5-12H,1-4H3,(H,20,22)(H,21,23). The van der Waals surface area contributed by atoms with E-state index >= 15 is 0 Å². The van der Waals surface area contributed by atoms with Crippen molar-refractivity contribution >= 4 is 34.6 Å². The summed E-state index contributed by atoms with van der Waals surface area (Å²) in [5, 5.41) is 5.38. The van der Waals surface area contributed by atoms with E-state index in [0.29, 0.717) is 21.8 Å². The molecule has 7 heteroatoms. The van der Waals surface area contributed by atoms with E-state index in [9.17, 15) is 14.1 Å². The lowest BCUT2D eigenvalue weighted by atomic mass is 10.2. The summed E-state index contributed by atoms with van der Waals surface area (Å²) in [6.45, 7) is 5.35. The van der Waals surface area contributed by atoms with Gasteiger partial charge in [0, 0.05) is 11.4 Å². The summed E-state index contributed by atoms with van der Waals surface area (Å²) >= 11 is -1.26. The molecule has 0 saturated carbocycles. The molecule has 0 radical (unpaired) electrons. The van der Waals surface area contributed by atoms with Gasteiger partial charge in [0.2, 0.25) is 0 Å². The zero-order valence-corrected chi connectivity index (χ0v) is 16.0. The van der Waals surface area contributed by atoms with Crippen LogP contribution in [-0.2, 0) is 15.9 Å². The molecular formula is C19H22N2O4S. The van der Waals surface area contributed by atoms with Gasteiger partial charge >= 0.3 is 6.09 Å². The molecule has 0 spiro atoms. The highest BCUT2D eigenvalue weighted by Gasteiger charge is 2.18. The van der Waals surface area contributed by atoms with E-state index in [2.05, 4.69) is 10.6 Å². The molecule has 2 aromatic rings. The van der Waals surface area contributed by atoms with Gasteiger partial charge in [0.1, 0.15) is 11.9 Å².